The number of hydrogen-bond donors (Lipinski definition) is 0. The number of rotatable bonds is 5. The van der Waals surface area contributed by atoms with Crippen LogP contribution in [0, 0.1) is 5.82 Å². The molecular formula is C13H16BrClFNO. The van der Waals surface area contributed by atoms with E-state index in [1.807, 2.05) is 13.8 Å². The van der Waals surface area contributed by atoms with Gasteiger partial charge in [0.05, 0.1) is 4.47 Å². The highest BCUT2D eigenvalue weighted by Gasteiger charge is 2.19. The average Bonchev–Trinajstić information content (AvgIpc) is 2.32. The maximum Gasteiger partial charge on any atom is 0.254 e. The van der Waals surface area contributed by atoms with Crippen molar-refractivity contribution < 1.29 is 9.18 Å². The van der Waals surface area contributed by atoms with Crippen LogP contribution in [0.15, 0.2) is 22.7 Å². The Labute approximate surface area is 120 Å². The molecule has 0 aromatic heterocycles. The van der Waals surface area contributed by atoms with Gasteiger partial charge in [-0.1, -0.05) is 0 Å². The smallest absolute Gasteiger partial charge is 0.254 e. The molecule has 0 fully saturated rings. The first kappa shape index (κ1) is 15.4. The Balaban J connectivity index is 2.91. The predicted molar refractivity (Wildman–Crippen MR) is 75.6 cm³/mol. The second-order valence-electron chi connectivity index (χ2n) is 4.26. The van der Waals surface area contributed by atoms with Gasteiger partial charge in [-0.15, -0.1) is 11.6 Å². The van der Waals surface area contributed by atoms with Crippen molar-refractivity contribution in [1.29, 1.82) is 0 Å². The van der Waals surface area contributed by atoms with Gasteiger partial charge in [0.2, 0.25) is 0 Å². The Hall–Kier alpha value is -0.610. The fraction of sp³-hybridized carbons (Fsp3) is 0.462. The standard InChI is InChI=1S/C13H16BrClFNO/c1-9(2)17(7-3-6-15)13(18)10-4-5-12(16)11(14)8-10/h4-5,8-9H,3,6-7H2,1-2H3. The Morgan fingerprint density at radius 3 is 2.67 bits per heavy atom. The monoisotopic (exact) mass is 335 g/mol. The first-order valence-corrected chi connectivity index (χ1v) is 7.12. The van der Waals surface area contributed by atoms with Gasteiger partial charge in [-0.3, -0.25) is 4.79 Å². The van der Waals surface area contributed by atoms with E-state index in [4.69, 9.17) is 11.6 Å². The normalized spacial score (nSPS) is 10.8. The van der Waals surface area contributed by atoms with E-state index < -0.39 is 0 Å². The summed E-state index contributed by atoms with van der Waals surface area (Å²) < 4.78 is 13.4. The minimum atomic E-state index is -0.372. The van der Waals surface area contributed by atoms with E-state index in [1.165, 1.54) is 18.2 Å². The molecule has 1 aromatic rings. The lowest BCUT2D eigenvalue weighted by atomic mass is 10.1. The van der Waals surface area contributed by atoms with Crippen molar-refractivity contribution in [2.45, 2.75) is 26.3 Å². The average molecular weight is 337 g/mol. The van der Waals surface area contributed by atoms with E-state index in [0.29, 0.717) is 22.5 Å². The van der Waals surface area contributed by atoms with Crippen LogP contribution in [0.4, 0.5) is 4.39 Å². The van der Waals surface area contributed by atoms with Gasteiger partial charge in [0.1, 0.15) is 5.82 Å². The quantitative estimate of drug-likeness (QED) is 0.742. The third-order valence-electron chi connectivity index (χ3n) is 2.58. The number of carbonyl (C=O) groups excluding carboxylic acids is 1. The highest BCUT2D eigenvalue weighted by atomic mass is 79.9. The van der Waals surface area contributed by atoms with Crippen LogP contribution in [0.3, 0.4) is 0 Å². The van der Waals surface area contributed by atoms with E-state index in [0.717, 1.165) is 6.42 Å². The van der Waals surface area contributed by atoms with Crippen molar-refractivity contribution >= 4 is 33.4 Å². The molecule has 0 heterocycles. The lowest BCUT2D eigenvalue weighted by molar-refractivity contribution is 0.0706. The molecule has 5 heteroatoms. The first-order valence-electron chi connectivity index (χ1n) is 5.79. The highest BCUT2D eigenvalue weighted by molar-refractivity contribution is 9.10. The molecule has 1 aromatic carbocycles. The minimum Gasteiger partial charge on any atom is -0.336 e. The third kappa shape index (κ3) is 3.95. The van der Waals surface area contributed by atoms with Crippen LogP contribution < -0.4 is 0 Å². The zero-order valence-corrected chi connectivity index (χ0v) is 12.8. The summed E-state index contributed by atoms with van der Waals surface area (Å²) in [5.74, 6) is 0.0445. The topological polar surface area (TPSA) is 20.3 Å². The molecule has 0 unspecified atom stereocenters. The summed E-state index contributed by atoms with van der Waals surface area (Å²) in [4.78, 5) is 14.0. The van der Waals surface area contributed by atoms with Crippen molar-refractivity contribution in [3.05, 3.63) is 34.1 Å². The molecule has 1 amide bonds. The van der Waals surface area contributed by atoms with Crippen molar-refractivity contribution in [2.24, 2.45) is 0 Å². The van der Waals surface area contributed by atoms with E-state index in [1.54, 1.807) is 4.90 Å². The molecule has 0 saturated heterocycles. The molecule has 0 spiro atoms. The number of nitrogens with zero attached hydrogens (tertiary/aromatic N) is 1. The van der Waals surface area contributed by atoms with E-state index in [2.05, 4.69) is 15.9 Å². The summed E-state index contributed by atoms with van der Waals surface area (Å²) in [7, 11) is 0. The van der Waals surface area contributed by atoms with Gasteiger partial charge in [0.25, 0.3) is 5.91 Å². The molecule has 0 bridgehead atoms. The van der Waals surface area contributed by atoms with Crippen LogP contribution in [0.1, 0.15) is 30.6 Å². The Morgan fingerprint density at radius 1 is 1.50 bits per heavy atom. The lowest BCUT2D eigenvalue weighted by Gasteiger charge is -2.26. The molecule has 18 heavy (non-hydrogen) atoms. The van der Waals surface area contributed by atoms with Crippen LogP contribution in [0.5, 0.6) is 0 Å². The summed E-state index contributed by atoms with van der Waals surface area (Å²) in [5, 5.41) is 0. The maximum absolute atomic E-state index is 13.1. The fourth-order valence-electron chi connectivity index (χ4n) is 1.62. The van der Waals surface area contributed by atoms with Gasteiger partial charge in [0.15, 0.2) is 0 Å². The van der Waals surface area contributed by atoms with Crippen molar-refractivity contribution in [3.63, 3.8) is 0 Å². The molecule has 1 rings (SSSR count). The Morgan fingerprint density at radius 2 is 2.17 bits per heavy atom. The second-order valence-corrected chi connectivity index (χ2v) is 5.50. The zero-order chi connectivity index (χ0) is 13.7. The molecule has 0 saturated carbocycles. The van der Waals surface area contributed by atoms with Gasteiger partial charge in [-0.2, -0.15) is 0 Å². The van der Waals surface area contributed by atoms with Crippen molar-refractivity contribution in [1.82, 2.24) is 4.90 Å². The van der Waals surface area contributed by atoms with Crippen molar-refractivity contribution in [3.8, 4) is 0 Å². The molecule has 0 atom stereocenters. The van der Waals surface area contributed by atoms with Gasteiger partial charge >= 0.3 is 0 Å². The summed E-state index contributed by atoms with van der Waals surface area (Å²) in [5.41, 5.74) is 0.478. The summed E-state index contributed by atoms with van der Waals surface area (Å²) >= 11 is 8.74. The molecule has 0 radical (unpaired) electrons. The number of halogens is 3. The Kier molecular flexibility index (Phi) is 6.09. The lowest BCUT2D eigenvalue weighted by Crippen LogP contribution is -2.37. The fourth-order valence-corrected chi connectivity index (χ4v) is 2.12. The van der Waals surface area contributed by atoms with Crippen molar-refractivity contribution in [2.75, 3.05) is 12.4 Å². The molecule has 2 nitrogen and oxygen atoms in total. The van der Waals surface area contributed by atoms with Crippen LogP contribution in [-0.2, 0) is 0 Å². The van der Waals surface area contributed by atoms with Crippen LogP contribution >= 0.6 is 27.5 Å². The first-order chi connectivity index (χ1) is 8.47. The number of hydrogen-bond acceptors (Lipinski definition) is 1. The highest BCUT2D eigenvalue weighted by Crippen LogP contribution is 2.19. The molecule has 0 aliphatic heterocycles. The van der Waals surface area contributed by atoms with E-state index in [9.17, 15) is 9.18 Å². The largest absolute Gasteiger partial charge is 0.336 e. The van der Waals surface area contributed by atoms with Crippen LogP contribution in [0.25, 0.3) is 0 Å². The van der Waals surface area contributed by atoms with E-state index in [-0.39, 0.29) is 17.8 Å². The molecular weight excluding hydrogens is 321 g/mol. The number of carbonyl (C=O) groups is 1. The summed E-state index contributed by atoms with van der Waals surface area (Å²) in [6.07, 6.45) is 0.744. The van der Waals surface area contributed by atoms with Gasteiger partial charge in [-0.05, 0) is 54.4 Å². The Bertz CT molecular complexity index is 425. The summed E-state index contributed by atoms with van der Waals surface area (Å²) in [6, 6.07) is 4.38. The van der Waals surface area contributed by atoms with E-state index >= 15 is 0 Å². The number of alkyl halides is 1. The molecule has 0 aliphatic carbocycles. The maximum atomic E-state index is 13.1. The van der Waals surface area contributed by atoms with Crippen LogP contribution in [0.2, 0.25) is 0 Å². The molecule has 100 valence electrons. The number of benzene rings is 1. The van der Waals surface area contributed by atoms with Gasteiger partial charge in [-0.25, -0.2) is 4.39 Å². The third-order valence-corrected chi connectivity index (χ3v) is 3.46. The SMILES string of the molecule is CC(C)N(CCCCl)C(=O)c1ccc(F)c(Br)c1. The van der Waals surface area contributed by atoms with Gasteiger partial charge in [0, 0.05) is 24.0 Å². The minimum absolute atomic E-state index is 0.0875. The predicted octanol–water partition coefficient (Wildman–Crippen LogP) is 4.07. The summed E-state index contributed by atoms with van der Waals surface area (Å²) in [6.45, 7) is 4.50. The van der Waals surface area contributed by atoms with Crippen LogP contribution in [-0.4, -0.2) is 29.3 Å². The second kappa shape index (κ2) is 7.10. The number of amides is 1. The molecule has 0 N–H and O–H groups in total. The zero-order valence-electron chi connectivity index (χ0n) is 10.4. The van der Waals surface area contributed by atoms with Gasteiger partial charge < -0.3 is 4.90 Å². The molecule has 0 aliphatic rings.